The van der Waals surface area contributed by atoms with Crippen LogP contribution in [0, 0.1) is 0 Å². The second-order valence-corrected chi connectivity index (χ2v) is 10.0. The van der Waals surface area contributed by atoms with Crippen LogP contribution in [-0.2, 0) is 21.2 Å². The smallest absolute Gasteiger partial charge is 0.278 e. The van der Waals surface area contributed by atoms with Gasteiger partial charge in [0.25, 0.3) is 15.9 Å². The fourth-order valence-corrected chi connectivity index (χ4v) is 5.13. The van der Waals surface area contributed by atoms with Crippen molar-refractivity contribution < 1.29 is 22.7 Å². The van der Waals surface area contributed by atoms with Crippen molar-refractivity contribution in [3.05, 3.63) is 81.8 Å². The van der Waals surface area contributed by atoms with Crippen molar-refractivity contribution in [2.45, 2.75) is 25.2 Å². The van der Waals surface area contributed by atoms with Gasteiger partial charge >= 0.3 is 0 Å². The third-order valence-corrected chi connectivity index (χ3v) is 7.35. The number of hydrogen-bond donors (Lipinski definition) is 0. The van der Waals surface area contributed by atoms with Crippen molar-refractivity contribution in [1.29, 1.82) is 0 Å². The standard InChI is InChI=1S/C24H23BrClNO5S/c1-3-17-5-14-23(22(25)15-17)32-16-24(28)27(19-8-10-20(11-9-19)31-4-2)33(29,30)21-12-6-18(26)7-13-21/h5-15H,3-4,16H2,1-2H3. The van der Waals surface area contributed by atoms with Crippen molar-refractivity contribution in [2.75, 3.05) is 17.5 Å². The van der Waals surface area contributed by atoms with Crippen molar-refractivity contribution in [3.63, 3.8) is 0 Å². The molecular formula is C24H23BrClNO5S. The van der Waals surface area contributed by atoms with Gasteiger partial charge in [0, 0.05) is 5.02 Å². The molecule has 0 heterocycles. The molecule has 0 unspecified atom stereocenters. The summed E-state index contributed by atoms with van der Waals surface area (Å²) in [6.45, 7) is 3.86. The summed E-state index contributed by atoms with van der Waals surface area (Å²) >= 11 is 9.34. The first-order valence-corrected chi connectivity index (χ1v) is 12.8. The molecule has 0 bridgehead atoms. The number of nitrogens with zero attached hydrogens (tertiary/aromatic N) is 1. The Hall–Kier alpha value is -2.55. The molecule has 0 aliphatic rings. The van der Waals surface area contributed by atoms with E-state index in [1.165, 1.54) is 36.4 Å². The summed E-state index contributed by atoms with van der Waals surface area (Å²) in [5, 5.41) is 0.386. The van der Waals surface area contributed by atoms with E-state index in [-0.39, 0.29) is 10.6 Å². The second-order valence-electron chi connectivity index (χ2n) is 6.95. The van der Waals surface area contributed by atoms with Crippen LogP contribution in [0.25, 0.3) is 0 Å². The van der Waals surface area contributed by atoms with Crippen LogP contribution < -0.4 is 13.8 Å². The fraction of sp³-hybridized carbons (Fsp3) is 0.208. The van der Waals surface area contributed by atoms with E-state index in [1.54, 1.807) is 18.2 Å². The van der Waals surface area contributed by atoms with E-state index in [0.29, 0.717) is 27.6 Å². The molecule has 0 saturated heterocycles. The van der Waals surface area contributed by atoms with Crippen molar-refractivity contribution >= 4 is 49.1 Å². The van der Waals surface area contributed by atoms with Gasteiger partial charge in [0.2, 0.25) is 0 Å². The van der Waals surface area contributed by atoms with E-state index < -0.39 is 22.5 Å². The first-order valence-electron chi connectivity index (χ1n) is 10.2. The molecule has 0 aliphatic heterocycles. The van der Waals surface area contributed by atoms with Crippen LogP contribution in [0.3, 0.4) is 0 Å². The lowest BCUT2D eigenvalue weighted by atomic mass is 10.2. The van der Waals surface area contributed by atoms with Gasteiger partial charge in [0.1, 0.15) is 11.5 Å². The molecule has 0 fully saturated rings. The predicted molar refractivity (Wildman–Crippen MR) is 133 cm³/mol. The van der Waals surface area contributed by atoms with E-state index in [0.717, 1.165) is 16.3 Å². The van der Waals surface area contributed by atoms with Crippen molar-refractivity contribution in [1.82, 2.24) is 0 Å². The third-order valence-electron chi connectivity index (χ3n) is 4.72. The maximum absolute atomic E-state index is 13.4. The first kappa shape index (κ1) is 25.1. The lowest BCUT2D eigenvalue weighted by Gasteiger charge is -2.23. The number of halogens is 2. The van der Waals surface area contributed by atoms with Gasteiger partial charge in [-0.25, -0.2) is 8.42 Å². The molecule has 3 rings (SSSR count). The fourth-order valence-electron chi connectivity index (χ4n) is 3.05. The molecule has 0 aliphatic carbocycles. The zero-order valence-corrected chi connectivity index (χ0v) is 21.3. The zero-order valence-electron chi connectivity index (χ0n) is 18.1. The highest BCUT2D eigenvalue weighted by Crippen LogP contribution is 2.29. The molecule has 0 aromatic heterocycles. The molecule has 174 valence electrons. The molecule has 0 N–H and O–H groups in total. The Morgan fingerprint density at radius 3 is 2.21 bits per heavy atom. The van der Waals surface area contributed by atoms with Crippen LogP contribution in [0.5, 0.6) is 11.5 Å². The molecule has 0 spiro atoms. The Morgan fingerprint density at radius 1 is 0.970 bits per heavy atom. The summed E-state index contributed by atoms with van der Waals surface area (Å²) in [6, 6.07) is 17.4. The number of carbonyl (C=O) groups excluding carboxylic acids is 1. The van der Waals surface area contributed by atoms with Gasteiger partial charge in [0.15, 0.2) is 6.61 Å². The topological polar surface area (TPSA) is 72.9 Å². The van der Waals surface area contributed by atoms with Gasteiger partial charge in [-0.1, -0.05) is 24.6 Å². The van der Waals surface area contributed by atoms with Gasteiger partial charge in [0.05, 0.1) is 21.7 Å². The third kappa shape index (κ3) is 6.07. The number of amides is 1. The Kier molecular flexibility index (Phi) is 8.40. The number of hydrogen-bond acceptors (Lipinski definition) is 5. The Labute approximate surface area is 207 Å². The van der Waals surface area contributed by atoms with Crippen LogP contribution in [-0.4, -0.2) is 27.5 Å². The molecule has 3 aromatic carbocycles. The maximum Gasteiger partial charge on any atom is 0.278 e. The minimum Gasteiger partial charge on any atom is -0.494 e. The number of carbonyl (C=O) groups is 1. The number of sulfonamides is 1. The molecule has 0 radical (unpaired) electrons. The van der Waals surface area contributed by atoms with Gasteiger partial charge in [-0.05, 0) is 95.5 Å². The molecule has 6 nitrogen and oxygen atoms in total. The van der Waals surface area contributed by atoms with E-state index in [4.69, 9.17) is 21.1 Å². The summed E-state index contributed by atoms with van der Waals surface area (Å²) < 4.78 is 39.4. The number of anilines is 1. The van der Waals surface area contributed by atoms with Gasteiger partial charge in [-0.3, -0.25) is 4.79 Å². The minimum absolute atomic E-state index is 0.0670. The van der Waals surface area contributed by atoms with Crippen molar-refractivity contribution in [2.24, 2.45) is 0 Å². The zero-order chi connectivity index (χ0) is 24.0. The summed E-state index contributed by atoms with van der Waals surface area (Å²) in [7, 11) is -4.23. The molecule has 33 heavy (non-hydrogen) atoms. The van der Waals surface area contributed by atoms with Crippen LogP contribution in [0.2, 0.25) is 5.02 Å². The summed E-state index contributed by atoms with van der Waals surface area (Å²) in [5.41, 5.74) is 1.27. The number of rotatable bonds is 9. The second kappa shape index (κ2) is 11.0. The average molecular weight is 553 g/mol. The number of ether oxygens (including phenoxy) is 2. The summed E-state index contributed by atoms with van der Waals surface area (Å²) in [4.78, 5) is 13.1. The van der Waals surface area contributed by atoms with Crippen LogP contribution in [0.15, 0.2) is 76.1 Å². The molecule has 0 saturated carbocycles. The van der Waals surface area contributed by atoms with Gasteiger partial charge < -0.3 is 9.47 Å². The first-order chi connectivity index (χ1) is 15.8. The normalized spacial score (nSPS) is 11.2. The summed E-state index contributed by atoms with van der Waals surface area (Å²) in [5.74, 6) is 0.255. The van der Waals surface area contributed by atoms with E-state index in [2.05, 4.69) is 15.9 Å². The molecule has 1 amide bonds. The quantitative estimate of drug-likeness (QED) is 0.332. The maximum atomic E-state index is 13.4. The molecule has 3 aromatic rings. The van der Waals surface area contributed by atoms with Crippen molar-refractivity contribution in [3.8, 4) is 11.5 Å². The molecular weight excluding hydrogens is 530 g/mol. The number of benzene rings is 3. The highest BCUT2D eigenvalue weighted by Gasteiger charge is 2.31. The monoisotopic (exact) mass is 551 g/mol. The van der Waals surface area contributed by atoms with Crippen LogP contribution in [0.1, 0.15) is 19.4 Å². The minimum atomic E-state index is -4.23. The lowest BCUT2D eigenvalue weighted by Crippen LogP contribution is -2.40. The Balaban J connectivity index is 1.93. The van der Waals surface area contributed by atoms with E-state index >= 15 is 0 Å². The number of aryl methyl sites for hydroxylation is 1. The van der Waals surface area contributed by atoms with Gasteiger partial charge in [-0.15, -0.1) is 0 Å². The summed E-state index contributed by atoms with van der Waals surface area (Å²) in [6.07, 6.45) is 0.850. The van der Waals surface area contributed by atoms with E-state index in [9.17, 15) is 13.2 Å². The molecule has 0 atom stereocenters. The van der Waals surface area contributed by atoms with Crippen LogP contribution in [0.4, 0.5) is 5.69 Å². The van der Waals surface area contributed by atoms with E-state index in [1.807, 2.05) is 26.0 Å². The van der Waals surface area contributed by atoms with Crippen LogP contribution >= 0.6 is 27.5 Å². The Morgan fingerprint density at radius 2 is 1.64 bits per heavy atom. The molecule has 9 heteroatoms. The Bertz CT molecular complexity index is 1210. The highest BCUT2D eigenvalue weighted by atomic mass is 79.9. The average Bonchev–Trinajstić information content (AvgIpc) is 2.80. The predicted octanol–water partition coefficient (Wildman–Crippen LogP) is 5.86. The SMILES string of the molecule is CCOc1ccc(N(C(=O)COc2ccc(CC)cc2Br)S(=O)(=O)c2ccc(Cl)cc2)cc1. The largest absolute Gasteiger partial charge is 0.494 e. The van der Waals surface area contributed by atoms with Gasteiger partial charge in [-0.2, -0.15) is 4.31 Å². The lowest BCUT2D eigenvalue weighted by molar-refractivity contribution is -0.119. The highest BCUT2D eigenvalue weighted by molar-refractivity contribution is 9.10.